The van der Waals surface area contributed by atoms with Crippen LogP contribution in [0.15, 0.2) is 85.1 Å². The SMILES string of the molecule is CNCCCCc1ncc(-c2ccc(-c3ccc4cc(-c5ccc6nc(C7CCCN7)[nH]c6c5)ccc4c3)cc2)[nH]1. The summed E-state index contributed by atoms with van der Waals surface area (Å²) < 4.78 is 0. The van der Waals surface area contributed by atoms with Crippen LogP contribution in [0.25, 0.3) is 55.3 Å². The van der Waals surface area contributed by atoms with Crippen LogP contribution in [0.2, 0.25) is 0 Å². The van der Waals surface area contributed by atoms with Gasteiger partial charge < -0.3 is 20.6 Å². The molecule has 1 atom stereocenters. The molecule has 4 aromatic carbocycles. The van der Waals surface area contributed by atoms with Gasteiger partial charge in [-0.05, 0) is 109 Å². The van der Waals surface area contributed by atoms with Crippen LogP contribution in [-0.4, -0.2) is 40.1 Å². The minimum atomic E-state index is 0.346. The molecular weight excluding hydrogens is 504 g/mol. The van der Waals surface area contributed by atoms with Crippen molar-refractivity contribution in [1.82, 2.24) is 30.6 Å². The number of fused-ring (bicyclic) bond motifs is 2. The molecule has 3 heterocycles. The molecule has 0 aliphatic carbocycles. The van der Waals surface area contributed by atoms with Crippen molar-refractivity contribution in [3.05, 3.63) is 96.7 Å². The Balaban J connectivity index is 1.08. The van der Waals surface area contributed by atoms with Gasteiger partial charge in [-0.1, -0.05) is 54.6 Å². The van der Waals surface area contributed by atoms with Crippen LogP contribution in [0.5, 0.6) is 0 Å². The van der Waals surface area contributed by atoms with Crippen molar-refractivity contribution in [2.24, 2.45) is 0 Å². The van der Waals surface area contributed by atoms with E-state index in [0.29, 0.717) is 6.04 Å². The van der Waals surface area contributed by atoms with E-state index in [1.54, 1.807) is 0 Å². The largest absolute Gasteiger partial charge is 0.342 e. The van der Waals surface area contributed by atoms with E-state index in [1.807, 2.05) is 13.2 Å². The summed E-state index contributed by atoms with van der Waals surface area (Å²) in [6.07, 6.45) is 7.58. The lowest BCUT2D eigenvalue weighted by Crippen LogP contribution is -2.13. The highest BCUT2D eigenvalue weighted by Crippen LogP contribution is 2.31. The fraction of sp³-hybridized carbons (Fsp3) is 0.257. The van der Waals surface area contributed by atoms with E-state index in [1.165, 1.54) is 39.4 Å². The summed E-state index contributed by atoms with van der Waals surface area (Å²) >= 11 is 0. The molecule has 0 spiro atoms. The molecule has 6 aromatic rings. The minimum Gasteiger partial charge on any atom is -0.342 e. The fourth-order valence-corrected chi connectivity index (χ4v) is 5.97. The Morgan fingerprint density at radius 1 is 0.780 bits per heavy atom. The van der Waals surface area contributed by atoms with E-state index in [2.05, 4.69) is 104 Å². The highest BCUT2D eigenvalue weighted by molar-refractivity contribution is 5.92. The van der Waals surface area contributed by atoms with E-state index < -0.39 is 0 Å². The van der Waals surface area contributed by atoms with Crippen LogP contribution in [0.1, 0.15) is 43.4 Å². The van der Waals surface area contributed by atoms with Gasteiger partial charge in [-0.3, -0.25) is 0 Å². The number of aromatic nitrogens is 4. The van der Waals surface area contributed by atoms with Crippen LogP contribution >= 0.6 is 0 Å². The first-order valence-electron chi connectivity index (χ1n) is 14.8. The van der Waals surface area contributed by atoms with Crippen LogP contribution in [0.3, 0.4) is 0 Å². The van der Waals surface area contributed by atoms with Gasteiger partial charge in [0, 0.05) is 6.42 Å². The quantitative estimate of drug-likeness (QED) is 0.144. The number of unbranched alkanes of at least 4 members (excludes halogenated alkanes) is 1. The Hall–Kier alpha value is -4.26. The summed E-state index contributed by atoms with van der Waals surface area (Å²) in [5, 5.41) is 9.22. The number of H-pyrrole nitrogens is 2. The number of aryl methyl sites for hydroxylation is 1. The number of hydrogen-bond acceptors (Lipinski definition) is 4. The number of nitrogens with zero attached hydrogens (tertiary/aromatic N) is 2. The summed E-state index contributed by atoms with van der Waals surface area (Å²) in [5.74, 6) is 2.11. The molecule has 206 valence electrons. The lowest BCUT2D eigenvalue weighted by Gasteiger charge is -2.08. The molecule has 41 heavy (non-hydrogen) atoms. The Labute approximate surface area is 240 Å². The Bertz CT molecular complexity index is 1790. The Morgan fingerprint density at radius 3 is 2.24 bits per heavy atom. The molecule has 0 saturated carbocycles. The van der Waals surface area contributed by atoms with Gasteiger partial charge in [0.1, 0.15) is 11.6 Å². The third kappa shape index (κ3) is 5.41. The molecule has 0 bridgehead atoms. The number of rotatable bonds is 9. The first kappa shape index (κ1) is 25.7. The predicted octanol–water partition coefficient (Wildman–Crippen LogP) is 7.41. The number of nitrogens with one attached hydrogen (secondary N) is 4. The maximum Gasteiger partial charge on any atom is 0.124 e. The van der Waals surface area contributed by atoms with E-state index in [0.717, 1.165) is 72.7 Å². The van der Waals surface area contributed by atoms with Crippen LogP contribution in [-0.2, 0) is 6.42 Å². The van der Waals surface area contributed by atoms with Crippen molar-refractivity contribution >= 4 is 21.8 Å². The fourth-order valence-electron chi connectivity index (χ4n) is 5.97. The van der Waals surface area contributed by atoms with Gasteiger partial charge >= 0.3 is 0 Å². The predicted molar refractivity (Wildman–Crippen MR) is 169 cm³/mol. The van der Waals surface area contributed by atoms with Gasteiger partial charge in [-0.15, -0.1) is 0 Å². The highest BCUT2D eigenvalue weighted by Gasteiger charge is 2.19. The molecule has 1 unspecified atom stereocenters. The first-order valence-corrected chi connectivity index (χ1v) is 14.8. The molecule has 0 amide bonds. The third-order valence-electron chi connectivity index (χ3n) is 8.31. The second-order valence-electron chi connectivity index (χ2n) is 11.2. The second kappa shape index (κ2) is 11.3. The van der Waals surface area contributed by atoms with Gasteiger partial charge in [0.2, 0.25) is 0 Å². The van der Waals surface area contributed by atoms with Crippen LogP contribution < -0.4 is 10.6 Å². The van der Waals surface area contributed by atoms with Crippen LogP contribution in [0, 0.1) is 0 Å². The van der Waals surface area contributed by atoms with Gasteiger partial charge in [0.25, 0.3) is 0 Å². The smallest absolute Gasteiger partial charge is 0.124 e. The molecule has 1 fully saturated rings. The van der Waals surface area contributed by atoms with E-state index in [9.17, 15) is 0 Å². The average Bonchev–Trinajstić information content (AvgIpc) is 3.80. The normalized spacial score (nSPS) is 15.3. The van der Waals surface area contributed by atoms with Gasteiger partial charge in [0.05, 0.1) is 29.0 Å². The number of hydrogen-bond donors (Lipinski definition) is 4. The molecule has 7 rings (SSSR count). The van der Waals surface area contributed by atoms with Crippen molar-refractivity contribution in [2.45, 2.75) is 38.1 Å². The highest BCUT2D eigenvalue weighted by atomic mass is 15.0. The molecule has 4 N–H and O–H groups in total. The lowest BCUT2D eigenvalue weighted by atomic mass is 9.97. The monoisotopic (exact) mass is 540 g/mol. The van der Waals surface area contributed by atoms with Crippen molar-refractivity contribution in [3.63, 3.8) is 0 Å². The second-order valence-corrected chi connectivity index (χ2v) is 11.2. The topological polar surface area (TPSA) is 81.4 Å². The molecule has 1 aliphatic heterocycles. The summed E-state index contributed by atoms with van der Waals surface area (Å²) in [4.78, 5) is 16.5. The number of imidazole rings is 2. The average molecular weight is 541 g/mol. The maximum absolute atomic E-state index is 4.83. The molecular formula is C35H36N6. The summed E-state index contributed by atoms with van der Waals surface area (Å²) in [6.45, 7) is 2.12. The standard InChI is InChI=1S/C35H36N6/c1-36-17-3-2-6-34-38-22-33(39-34)24-9-7-23(8-10-24)25-11-12-27-20-28(14-13-26(27)19-25)29-15-16-30-32(21-29)41-35(40-30)31-5-4-18-37-31/h7-16,19-22,31,36-37H,2-6,17-18H2,1H3,(H,38,39)(H,40,41). The molecule has 1 saturated heterocycles. The molecule has 6 nitrogen and oxygen atoms in total. The van der Waals surface area contributed by atoms with E-state index in [-0.39, 0.29) is 0 Å². The Morgan fingerprint density at radius 2 is 1.49 bits per heavy atom. The first-order chi connectivity index (χ1) is 20.2. The van der Waals surface area contributed by atoms with Crippen molar-refractivity contribution in [3.8, 4) is 33.5 Å². The summed E-state index contributed by atoms with van der Waals surface area (Å²) in [6, 6.07) is 29.1. The zero-order chi connectivity index (χ0) is 27.6. The maximum atomic E-state index is 4.83. The van der Waals surface area contributed by atoms with Crippen LogP contribution in [0.4, 0.5) is 0 Å². The van der Waals surface area contributed by atoms with Crippen molar-refractivity contribution in [2.75, 3.05) is 20.1 Å². The number of benzene rings is 4. The Kier molecular flexibility index (Phi) is 7.09. The van der Waals surface area contributed by atoms with Gasteiger partial charge in [0.15, 0.2) is 0 Å². The third-order valence-corrected chi connectivity index (χ3v) is 8.31. The molecule has 2 aromatic heterocycles. The summed E-state index contributed by atoms with van der Waals surface area (Å²) in [7, 11) is 2.00. The van der Waals surface area contributed by atoms with E-state index in [4.69, 9.17) is 4.98 Å². The zero-order valence-corrected chi connectivity index (χ0v) is 23.5. The molecule has 0 radical (unpaired) electrons. The molecule has 1 aliphatic rings. The zero-order valence-electron chi connectivity index (χ0n) is 23.5. The van der Waals surface area contributed by atoms with Crippen molar-refractivity contribution < 1.29 is 0 Å². The van der Waals surface area contributed by atoms with Gasteiger partial charge in [-0.2, -0.15) is 0 Å². The molecule has 6 heteroatoms. The number of aromatic amines is 2. The van der Waals surface area contributed by atoms with E-state index >= 15 is 0 Å². The van der Waals surface area contributed by atoms with Crippen molar-refractivity contribution in [1.29, 1.82) is 0 Å². The minimum absolute atomic E-state index is 0.346. The lowest BCUT2D eigenvalue weighted by molar-refractivity contribution is 0.614. The summed E-state index contributed by atoms with van der Waals surface area (Å²) in [5.41, 5.74) is 9.21. The van der Waals surface area contributed by atoms with Gasteiger partial charge in [-0.25, -0.2) is 9.97 Å².